The molecule has 3 aromatic heterocycles. The number of carbonyl (C=O) groups is 1. The first-order chi connectivity index (χ1) is 20.1. The molecule has 9 nitrogen and oxygen atoms in total. The molecule has 0 saturated heterocycles. The van der Waals surface area contributed by atoms with E-state index in [0.717, 1.165) is 42.7 Å². The predicted molar refractivity (Wildman–Crippen MR) is 151 cm³/mol. The zero-order valence-electron chi connectivity index (χ0n) is 22.9. The van der Waals surface area contributed by atoms with Gasteiger partial charge in [-0.25, -0.2) is 19.4 Å². The molecule has 0 bridgehead atoms. The lowest BCUT2D eigenvalue weighted by Crippen LogP contribution is -2.31. The van der Waals surface area contributed by atoms with E-state index in [2.05, 4.69) is 15.3 Å². The molecule has 1 aliphatic rings. The van der Waals surface area contributed by atoms with Crippen LogP contribution in [0, 0.1) is 12.8 Å². The van der Waals surface area contributed by atoms with Gasteiger partial charge in [0.25, 0.3) is 0 Å². The van der Waals surface area contributed by atoms with Crippen molar-refractivity contribution in [1.29, 1.82) is 0 Å². The van der Waals surface area contributed by atoms with Crippen molar-refractivity contribution in [3.63, 3.8) is 0 Å². The zero-order valence-corrected chi connectivity index (χ0v) is 22.9. The fraction of sp³-hybridized carbons (Fsp3) is 0.300. The zero-order chi connectivity index (χ0) is 29.6. The first-order valence-corrected chi connectivity index (χ1v) is 13.6. The van der Waals surface area contributed by atoms with Crippen LogP contribution >= 0.6 is 0 Å². The summed E-state index contributed by atoms with van der Waals surface area (Å²) in [5, 5.41) is 18.0. The van der Waals surface area contributed by atoms with E-state index in [1.807, 2.05) is 50.2 Å². The number of carboxylic acids is 1. The average molecular weight is 576 g/mol. The molecule has 0 aliphatic heterocycles. The molecule has 1 atom stereocenters. The molecule has 0 spiro atoms. The normalized spacial score (nSPS) is 14.6. The van der Waals surface area contributed by atoms with Gasteiger partial charge in [0.05, 0.1) is 17.8 Å². The van der Waals surface area contributed by atoms with Crippen molar-refractivity contribution in [2.45, 2.75) is 51.9 Å². The molecule has 2 N–H and O–H groups in total. The maximum atomic E-state index is 13.3. The first-order valence-electron chi connectivity index (χ1n) is 13.6. The van der Waals surface area contributed by atoms with Crippen molar-refractivity contribution >= 4 is 23.0 Å². The number of imidazole rings is 1. The molecule has 2 aromatic carbocycles. The fourth-order valence-electron chi connectivity index (χ4n) is 5.21. The van der Waals surface area contributed by atoms with Crippen LogP contribution in [0.2, 0.25) is 0 Å². The summed E-state index contributed by atoms with van der Waals surface area (Å²) in [7, 11) is 0. The van der Waals surface area contributed by atoms with Crippen LogP contribution in [0.4, 0.5) is 19.0 Å². The molecule has 6 rings (SSSR count). The minimum atomic E-state index is -4.46. The van der Waals surface area contributed by atoms with Crippen LogP contribution < -0.4 is 5.32 Å². The summed E-state index contributed by atoms with van der Waals surface area (Å²) in [6.07, 6.45) is -1.21. The summed E-state index contributed by atoms with van der Waals surface area (Å²) >= 11 is 0. The molecule has 3 heterocycles. The molecule has 12 heteroatoms. The molecule has 216 valence electrons. The maximum absolute atomic E-state index is 13.3. The largest absolute Gasteiger partial charge is 0.475 e. The molecule has 0 amide bonds. The highest BCUT2D eigenvalue weighted by Crippen LogP contribution is 2.34. The Morgan fingerprint density at radius 3 is 2.40 bits per heavy atom. The molecule has 0 radical (unpaired) electrons. The molecule has 42 heavy (non-hydrogen) atoms. The Morgan fingerprint density at radius 1 is 1.07 bits per heavy atom. The number of rotatable bonds is 8. The number of hydrogen-bond donors (Lipinski definition) is 2. The van der Waals surface area contributed by atoms with Crippen molar-refractivity contribution in [3.8, 4) is 17.2 Å². The van der Waals surface area contributed by atoms with Crippen molar-refractivity contribution in [2.24, 2.45) is 5.92 Å². The van der Waals surface area contributed by atoms with E-state index >= 15 is 0 Å². The predicted octanol–water partition coefficient (Wildman–Crippen LogP) is 6.35. The third kappa shape index (κ3) is 5.19. The van der Waals surface area contributed by atoms with E-state index in [1.165, 1.54) is 12.1 Å². The summed E-state index contributed by atoms with van der Waals surface area (Å²) in [4.78, 5) is 25.3. The van der Waals surface area contributed by atoms with E-state index in [4.69, 9.17) is 10.1 Å². The van der Waals surface area contributed by atoms with Crippen LogP contribution in [0.3, 0.4) is 0 Å². The van der Waals surface area contributed by atoms with Gasteiger partial charge in [0, 0.05) is 17.3 Å². The van der Waals surface area contributed by atoms with Gasteiger partial charge >= 0.3 is 12.1 Å². The lowest BCUT2D eigenvalue weighted by Gasteiger charge is -2.32. The molecule has 1 aliphatic carbocycles. The lowest BCUT2D eigenvalue weighted by molar-refractivity contribution is -0.137. The summed E-state index contributed by atoms with van der Waals surface area (Å²) in [6.45, 7) is 4.01. The minimum absolute atomic E-state index is 0.00693. The Labute approximate surface area is 239 Å². The highest BCUT2D eigenvalue weighted by atomic mass is 19.4. The van der Waals surface area contributed by atoms with Gasteiger partial charge in [-0.2, -0.15) is 23.3 Å². The van der Waals surface area contributed by atoms with Gasteiger partial charge in [-0.15, -0.1) is 0 Å². The third-order valence-electron chi connectivity index (χ3n) is 7.76. The van der Waals surface area contributed by atoms with Gasteiger partial charge in [0.2, 0.25) is 11.8 Å². The number of anilines is 1. The van der Waals surface area contributed by atoms with Crippen LogP contribution in [0.5, 0.6) is 0 Å². The second kappa shape index (κ2) is 10.6. The summed E-state index contributed by atoms with van der Waals surface area (Å²) in [6, 6.07) is 16.4. The Kier molecular flexibility index (Phi) is 6.91. The number of hydrogen-bond acceptors (Lipinski definition) is 6. The number of halogens is 3. The smallest absolute Gasteiger partial charge is 0.416 e. The number of alkyl halides is 3. The van der Waals surface area contributed by atoms with E-state index in [-0.39, 0.29) is 18.2 Å². The lowest BCUT2D eigenvalue weighted by atomic mass is 9.80. The van der Waals surface area contributed by atoms with Crippen molar-refractivity contribution < 1.29 is 23.1 Å². The number of carboxylic acid groups (broad SMARTS) is 1. The summed E-state index contributed by atoms with van der Waals surface area (Å²) in [5.74, 6) is -0.650. The van der Waals surface area contributed by atoms with Crippen LogP contribution in [0.1, 0.15) is 53.6 Å². The highest BCUT2D eigenvalue weighted by molar-refractivity contribution is 5.91. The third-order valence-corrected chi connectivity index (χ3v) is 7.76. The Hall–Kier alpha value is -4.74. The van der Waals surface area contributed by atoms with E-state index < -0.39 is 23.5 Å². The van der Waals surface area contributed by atoms with E-state index in [0.29, 0.717) is 34.5 Å². The van der Waals surface area contributed by atoms with E-state index in [9.17, 15) is 23.1 Å². The molecule has 1 saturated carbocycles. The van der Waals surface area contributed by atoms with Gasteiger partial charge in [-0.1, -0.05) is 48.9 Å². The number of benzene rings is 2. The highest BCUT2D eigenvalue weighted by Gasteiger charge is 2.31. The Morgan fingerprint density at radius 2 is 1.79 bits per heavy atom. The number of nitrogens with zero attached hydrogens (tertiary/aromatic N) is 6. The number of aromatic nitrogens is 6. The standard InChI is InChI=1S/C30H28F3N7O2/c1-17-15-23(21-7-4-3-5-8-21)38-40(17)29-37-26-24(39(29)16-19-11-13-22(14-12-19)30(31,32)33)25(35-27(36-26)28(41)42)34-18(2)20-9-6-10-20/h3-5,7-8,11-15,18,20H,6,9-10,16H2,1-2H3,(H,41,42)(H,34,35,36)/t18-/m1/s1. The molecular weight excluding hydrogens is 547 g/mol. The summed E-state index contributed by atoms with van der Waals surface area (Å²) < 4.78 is 43.2. The van der Waals surface area contributed by atoms with Gasteiger partial charge < -0.3 is 10.4 Å². The number of aryl methyl sites for hydroxylation is 1. The topological polar surface area (TPSA) is 111 Å². The van der Waals surface area contributed by atoms with E-state index in [1.54, 1.807) is 9.25 Å². The second-order valence-electron chi connectivity index (χ2n) is 10.6. The number of fused-ring (bicyclic) bond motifs is 1. The van der Waals surface area contributed by atoms with Gasteiger partial charge in [0.1, 0.15) is 5.52 Å². The van der Waals surface area contributed by atoms with Gasteiger partial charge in [-0.3, -0.25) is 4.57 Å². The number of nitrogens with one attached hydrogen (secondary N) is 1. The van der Waals surface area contributed by atoms with Crippen LogP contribution in [-0.4, -0.2) is 46.4 Å². The van der Waals surface area contributed by atoms with Crippen molar-refractivity contribution in [3.05, 3.63) is 83.3 Å². The average Bonchev–Trinajstić information content (AvgIpc) is 3.48. The molecular formula is C30H28F3N7O2. The Bertz CT molecular complexity index is 1760. The fourth-order valence-corrected chi connectivity index (χ4v) is 5.21. The number of aromatic carboxylic acids is 1. The van der Waals surface area contributed by atoms with Crippen LogP contribution in [0.15, 0.2) is 60.7 Å². The second-order valence-corrected chi connectivity index (χ2v) is 10.6. The van der Waals surface area contributed by atoms with Crippen molar-refractivity contribution in [1.82, 2.24) is 29.3 Å². The van der Waals surface area contributed by atoms with Crippen LogP contribution in [0.25, 0.3) is 28.4 Å². The molecule has 0 unspecified atom stereocenters. The monoisotopic (exact) mass is 575 g/mol. The maximum Gasteiger partial charge on any atom is 0.416 e. The van der Waals surface area contributed by atoms with Crippen molar-refractivity contribution in [2.75, 3.05) is 5.32 Å². The molecule has 1 fully saturated rings. The quantitative estimate of drug-likeness (QED) is 0.222. The SMILES string of the molecule is Cc1cc(-c2ccccc2)nn1-c1nc2nc(C(=O)O)nc(N[C@H](C)C3CCC3)c2n1Cc1ccc(C(F)(F)F)cc1. The van der Waals surface area contributed by atoms with Gasteiger partial charge in [-0.05, 0) is 56.4 Å². The minimum Gasteiger partial charge on any atom is -0.475 e. The van der Waals surface area contributed by atoms with Gasteiger partial charge in [0.15, 0.2) is 11.5 Å². The first kappa shape index (κ1) is 27.4. The van der Waals surface area contributed by atoms with Crippen LogP contribution in [-0.2, 0) is 12.7 Å². The molecule has 5 aromatic rings. The summed E-state index contributed by atoms with van der Waals surface area (Å²) in [5.41, 5.74) is 2.77. The Balaban J connectivity index is 1.53.